The molecule has 0 atom stereocenters. The highest BCUT2D eigenvalue weighted by Gasteiger charge is 2.26. The lowest BCUT2D eigenvalue weighted by molar-refractivity contribution is 0.0279. The van der Waals surface area contributed by atoms with Gasteiger partial charge in [-0.2, -0.15) is 0 Å². The third-order valence-corrected chi connectivity index (χ3v) is 5.90. The first-order valence-electron chi connectivity index (χ1n) is 10.4. The van der Waals surface area contributed by atoms with Crippen LogP contribution >= 0.6 is 0 Å². The fraction of sp³-hybridized carbons (Fsp3) is 0.478. The van der Waals surface area contributed by atoms with Gasteiger partial charge in [0.15, 0.2) is 0 Å². The van der Waals surface area contributed by atoms with Crippen molar-refractivity contribution in [3.63, 3.8) is 0 Å². The number of carbonyl (C=O) groups excluding carboxylic acids is 1. The number of ether oxygens (including phenoxy) is 1. The van der Waals surface area contributed by atoms with E-state index in [1.165, 1.54) is 11.1 Å². The van der Waals surface area contributed by atoms with Gasteiger partial charge < -0.3 is 9.64 Å². The van der Waals surface area contributed by atoms with Crippen molar-refractivity contribution < 1.29 is 9.53 Å². The molecule has 0 aliphatic carbocycles. The molecule has 2 aliphatic heterocycles. The van der Waals surface area contributed by atoms with Gasteiger partial charge >= 0.3 is 0 Å². The summed E-state index contributed by atoms with van der Waals surface area (Å²) in [5, 5.41) is 0. The SMILES string of the molecule is O=C(c1ccncc1)N(CCCN1CCc2ccccc2C1)C1CCOCC1. The van der Waals surface area contributed by atoms with Gasteiger partial charge in [0.05, 0.1) is 0 Å². The molecular formula is C23H29N3O2. The van der Waals surface area contributed by atoms with E-state index in [2.05, 4.69) is 39.0 Å². The van der Waals surface area contributed by atoms with Crippen molar-refractivity contribution in [3.8, 4) is 0 Å². The number of carbonyl (C=O) groups is 1. The van der Waals surface area contributed by atoms with Gasteiger partial charge in [0.1, 0.15) is 0 Å². The summed E-state index contributed by atoms with van der Waals surface area (Å²) in [6.45, 7) is 5.43. The molecule has 0 saturated carbocycles. The number of pyridine rings is 1. The zero-order valence-electron chi connectivity index (χ0n) is 16.4. The Hall–Kier alpha value is -2.24. The fourth-order valence-corrected chi connectivity index (χ4v) is 4.32. The third kappa shape index (κ3) is 4.59. The second-order valence-corrected chi connectivity index (χ2v) is 7.73. The predicted molar refractivity (Wildman–Crippen MR) is 109 cm³/mol. The van der Waals surface area contributed by atoms with Crippen LogP contribution in [0.4, 0.5) is 0 Å². The molecule has 0 N–H and O–H groups in total. The van der Waals surface area contributed by atoms with Crippen LogP contribution in [0.1, 0.15) is 40.7 Å². The summed E-state index contributed by atoms with van der Waals surface area (Å²) in [7, 11) is 0. The Morgan fingerprint density at radius 1 is 1.11 bits per heavy atom. The van der Waals surface area contributed by atoms with Crippen LogP contribution < -0.4 is 0 Å². The van der Waals surface area contributed by atoms with E-state index < -0.39 is 0 Å². The zero-order chi connectivity index (χ0) is 19.2. The number of hydrogen-bond donors (Lipinski definition) is 0. The Morgan fingerprint density at radius 3 is 2.64 bits per heavy atom. The minimum atomic E-state index is 0.123. The first-order valence-corrected chi connectivity index (χ1v) is 10.4. The normalized spacial score (nSPS) is 17.9. The van der Waals surface area contributed by atoms with Crippen LogP contribution in [0, 0.1) is 0 Å². The van der Waals surface area contributed by atoms with E-state index >= 15 is 0 Å². The molecule has 3 heterocycles. The summed E-state index contributed by atoms with van der Waals surface area (Å²) >= 11 is 0. The molecule has 4 rings (SSSR count). The summed E-state index contributed by atoms with van der Waals surface area (Å²) in [4.78, 5) is 21.8. The van der Waals surface area contributed by atoms with Gasteiger partial charge in [0, 0.05) is 63.4 Å². The molecule has 2 aliphatic rings. The number of hydrogen-bond acceptors (Lipinski definition) is 4. The quantitative estimate of drug-likeness (QED) is 0.774. The molecule has 148 valence electrons. The third-order valence-electron chi connectivity index (χ3n) is 5.90. The Morgan fingerprint density at radius 2 is 1.86 bits per heavy atom. The number of rotatable bonds is 6. The van der Waals surface area contributed by atoms with Crippen LogP contribution in [-0.4, -0.2) is 59.6 Å². The van der Waals surface area contributed by atoms with E-state index in [1.807, 2.05) is 12.1 Å². The number of aromatic nitrogens is 1. The molecule has 0 spiro atoms. The van der Waals surface area contributed by atoms with Crippen LogP contribution in [0.2, 0.25) is 0 Å². The molecule has 28 heavy (non-hydrogen) atoms. The molecule has 1 saturated heterocycles. The van der Waals surface area contributed by atoms with Crippen LogP contribution in [0.15, 0.2) is 48.8 Å². The van der Waals surface area contributed by atoms with Gasteiger partial charge in [-0.1, -0.05) is 24.3 Å². The van der Waals surface area contributed by atoms with Crippen LogP contribution in [0.3, 0.4) is 0 Å². The highest BCUT2D eigenvalue weighted by Crippen LogP contribution is 2.20. The highest BCUT2D eigenvalue weighted by atomic mass is 16.5. The lowest BCUT2D eigenvalue weighted by Gasteiger charge is -2.35. The second-order valence-electron chi connectivity index (χ2n) is 7.73. The van der Waals surface area contributed by atoms with E-state index in [4.69, 9.17) is 4.74 Å². The average molecular weight is 380 g/mol. The van der Waals surface area contributed by atoms with Gasteiger partial charge in [-0.25, -0.2) is 0 Å². The van der Waals surface area contributed by atoms with Gasteiger partial charge in [-0.05, 0) is 48.9 Å². The molecule has 1 aromatic carbocycles. The number of nitrogens with zero attached hydrogens (tertiary/aromatic N) is 3. The minimum absolute atomic E-state index is 0.123. The number of benzene rings is 1. The molecule has 0 radical (unpaired) electrons. The maximum atomic E-state index is 13.1. The summed E-state index contributed by atoms with van der Waals surface area (Å²) in [6, 6.07) is 12.6. The molecular weight excluding hydrogens is 350 g/mol. The minimum Gasteiger partial charge on any atom is -0.381 e. The Balaban J connectivity index is 1.37. The monoisotopic (exact) mass is 379 g/mol. The second kappa shape index (κ2) is 9.30. The molecule has 0 bridgehead atoms. The summed E-state index contributed by atoms with van der Waals surface area (Å²) in [5.74, 6) is 0.123. The fourth-order valence-electron chi connectivity index (χ4n) is 4.32. The summed E-state index contributed by atoms with van der Waals surface area (Å²) < 4.78 is 5.51. The van der Waals surface area contributed by atoms with Crippen LogP contribution in [-0.2, 0) is 17.7 Å². The van der Waals surface area contributed by atoms with Gasteiger partial charge in [0.25, 0.3) is 5.91 Å². The van der Waals surface area contributed by atoms with Crippen molar-refractivity contribution in [2.45, 2.75) is 38.3 Å². The van der Waals surface area contributed by atoms with Crippen molar-refractivity contribution in [2.24, 2.45) is 0 Å². The number of fused-ring (bicyclic) bond motifs is 1. The smallest absolute Gasteiger partial charge is 0.254 e. The lowest BCUT2D eigenvalue weighted by Crippen LogP contribution is -2.45. The van der Waals surface area contributed by atoms with Crippen molar-refractivity contribution >= 4 is 5.91 Å². The molecule has 1 amide bonds. The van der Waals surface area contributed by atoms with Crippen LogP contribution in [0.25, 0.3) is 0 Å². The predicted octanol–water partition coefficient (Wildman–Crippen LogP) is 3.15. The standard InChI is InChI=1S/C23H29N3O2/c27-23(20-6-11-24-12-7-20)26(22-9-16-28-17-10-22)14-3-13-25-15-8-19-4-1-2-5-21(19)18-25/h1-2,4-7,11-12,22H,3,8-10,13-18H2. The Bertz CT molecular complexity index is 774. The number of amides is 1. The van der Waals surface area contributed by atoms with Gasteiger partial charge in [0.2, 0.25) is 0 Å². The van der Waals surface area contributed by atoms with Crippen molar-refractivity contribution in [1.82, 2.24) is 14.8 Å². The van der Waals surface area contributed by atoms with E-state index in [-0.39, 0.29) is 11.9 Å². The first-order chi connectivity index (χ1) is 13.8. The van der Waals surface area contributed by atoms with E-state index in [9.17, 15) is 4.79 Å². The summed E-state index contributed by atoms with van der Waals surface area (Å²) in [5.41, 5.74) is 3.66. The topological polar surface area (TPSA) is 45.7 Å². The van der Waals surface area contributed by atoms with Crippen molar-refractivity contribution in [1.29, 1.82) is 0 Å². The summed E-state index contributed by atoms with van der Waals surface area (Å²) in [6.07, 6.45) is 7.36. The average Bonchev–Trinajstić information content (AvgIpc) is 2.77. The van der Waals surface area contributed by atoms with Gasteiger partial charge in [-0.3, -0.25) is 14.7 Å². The molecule has 5 heteroatoms. The van der Waals surface area contributed by atoms with Gasteiger partial charge in [-0.15, -0.1) is 0 Å². The largest absolute Gasteiger partial charge is 0.381 e. The van der Waals surface area contributed by atoms with E-state index in [1.54, 1.807) is 12.4 Å². The molecule has 5 nitrogen and oxygen atoms in total. The van der Waals surface area contributed by atoms with Crippen molar-refractivity contribution in [2.75, 3.05) is 32.8 Å². The van der Waals surface area contributed by atoms with Crippen LogP contribution in [0.5, 0.6) is 0 Å². The molecule has 2 aromatic rings. The zero-order valence-corrected chi connectivity index (χ0v) is 16.4. The highest BCUT2D eigenvalue weighted by molar-refractivity contribution is 5.94. The molecule has 0 unspecified atom stereocenters. The first kappa shape index (κ1) is 19.1. The van der Waals surface area contributed by atoms with Crippen molar-refractivity contribution in [3.05, 3.63) is 65.5 Å². The lowest BCUT2D eigenvalue weighted by atomic mass is 10.00. The maximum Gasteiger partial charge on any atom is 0.254 e. The van der Waals surface area contributed by atoms with E-state index in [0.29, 0.717) is 0 Å². The molecule has 1 aromatic heterocycles. The molecule has 1 fully saturated rings. The maximum absolute atomic E-state index is 13.1. The Labute approximate surface area is 167 Å². The Kier molecular flexibility index (Phi) is 6.34. The van der Waals surface area contributed by atoms with E-state index in [0.717, 1.165) is 70.6 Å².